The second-order valence-corrected chi connectivity index (χ2v) is 8.44. The van der Waals surface area contributed by atoms with E-state index in [0.29, 0.717) is 31.0 Å². The van der Waals surface area contributed by atoms with Gasteiger partial charge >= 0.3 is 0 Å². The van der Waals surface area contributed by atoms with Gasteiger partial charge in [0.15, 0.2) is 0 Å². The summed E-state index contributed by atoms with van der Waals surface area (Å²) in [4.78, 5) is 19.4. The molecule has 3 rings (SSSR count). The van der Waals surface area contributed by atoms with Crippen LogP contribution >= 0.6 is 15.9 Å². The Bertz CT molecular complexity index is 812. The molecular formula is C19H26BrN5O. The molecule has 1 fully saturated rings. The molecule has 7 heteroatoms. The molecule has 1 aromatic rings. The third kappa shape index (κ3) is 3.63. The van der Waals surface area contributed by atoms with Crippen LogP contribution in [-0.2, 0) is 17.9 Å². The number of rotatable bonds is 5. The molecular weight excluding hydrogens is 394 g/mol. The van der Waals surface area contributed by atoms with Crippen LogP contribution in [0.4, 0.5) is 0 Å². The molecule has 6 nitrogen and oxygen atoms in total. The summed E-state index contributed by atoms with van der Waals surface area (Å²) in [5, 5.41) is 7.79. The van der Waals surface area contributed by atoms with Gasteiger partial charge in [-0.2, -0.15) is 5.10 Å². The van der Waals surface area contributed by atoms with Crippen molar-refractivity contribution < 1.29 is 4.79 Å². The van der Waals surface area contributed by atoms with Crippen molar-refractivity contribution >= 4 is 28.6 Å². The predicted molar refractivity (Wildman–Crippen MR) is 107 cm³/mol. The highest BCUT2D eigenvalue weighted by molar-refractivity contribution is 9.10. The van der Waals surface area contributed by atoms with Crippen LogP contribution in [0.2, 0.25) is 0 Å². The van der Waals surface area contributed by atoms with Crippen molar-refractivity contribution in [1.29, 1.82) is 0 Å². The van der Waals surface area contributed by atoms with Crippen molar-refractivity contribution in [3.8, 4) is 0 Å². The zero-order valence-electron chi connectivity index (χ0n) is 15.9. The fourth-order valence-electron chi connectivity index (χ4n) is 3.26. The van der Waals surface area contributed by atoms with Gasteiger partial charge in [0.2, 0.25) is 0 Å². The zero-order chi connectivity index (χ0) is 19.1. The Kier molecular flexibility index (Phi) is 5.10. The highest BCUT2D eigenvalue weighted by Crippen LogP contribution is 2.36. The Labute approximate surface area is 163 Å². The minimum absolute atomic E-state index is 0.0331. The number of nitrogens with one attached hydrogen (secondary N) is 1. The molecule has 0 radical (unpaired) electrons. The molecule has 0 bridgehead atoms. The van der Waals surface area contributed by atoms with Crippen molar-refractivity contribution in [2.45, 2.75) is 59.2 Å². The number of hydrogen-bond donors (Lipinski definition) is 1. The molecule has 0 atom stereocenters. The van der Waals surface area contributed by atoms with Gasteiger partial charge in [-0.1, -0.05) is 5.57 Å². The summed E-state index contributed by atoms with van der Waals surface area (Å²) in [7, 11) is 0. The van der Waals surface area contributed by atoms with Gasteiger partial charge in [0.1, 0.15) is 5.82 Å². The van der Waals surface area contributed by atoms with Crippen LogP contribution in [0.1, 0.15) is 46.2 Å². The van der Waals surface area contributed by atoms with Gasteiger partial charge in [0.25, 0.3) is 5.91 Å². The van der Waals surface area contributed by atoms with Gasteiger partial charge < -0.3 is 10.2 Å². The fraction of sp³-hybridized carbons (Fsp3) is 0.526. The van der Waals surface area contributed by atoms with Crippen LogP contribution in [0.15, 0.2) is 38.2 Å². The lowest BCUT2D eigenvalue weighted by Crippen LogP contribution is -2.40. The minimum atomic E-state index is 0.0331. The van der Waals surface area contributed by atoms with E-state index in [4.69, 9.17) is 0 Å². The van der Waals surface area contributed by atoms with E-state index >= 15 is 0 Å². The highest BCUT2D eigenvalue weighted by atomic mass is 79.9. The van der Waals surface area contributed by atoms with Crippen molar-refractivity contribution in [2.24, 2.45) is 4.99 Å². The van der Waals surface area contributed by atoms with Gasteiger partial charge in [-0.3, -0.25) is 9.48 Å². The molecule has 1 amide bonds. The summed E-state index contributed by atoms with van der Waals surface area (Å²) in [5.41, 5.74) is 3.67. The van der Waals surface area contributed by atoms with Crippen LogP contribution in [0.25, 0.3) is 0 Å². The number of carbonyl (C=O) groups excluding carboxylic acids is 1. The summed E-state index contributed by atoms with van der Waals surface area (Å²) in [6.45, 7) is 13.7. The molecule has 0 saturated heterocycles. The number of aliphatic imine (C=N–C) groups is 1. The third-order valence-corrected chi connectivity index (χ3v) is 5.79. The first-order valence-corrected chi connectivity index (χ1v) is 9.68. The molecule has 1 aliphatic carbocycles. The van der Waals surface area contributed by atoms with E-state index in [-0.39, 0.29) is 11.4 Å². The van der Waals surface area contributed by atoms with E-state index < -0.39 is 0 Å². The van der Waals surface area contributed by atoms with Crippen LogP contribution < -0.4 is 5.32 Å². The van der Waals surface area contributed by atoms with Gasteiger partial charge in [0, 0.05) is 23.2 Å². The molecule has 0 spiro atoms. The van der Waals surface area contributed by atoms with E-state index in [1.54, 1.807) is 6.20 Å². The van der Waals surface area contributed by atoms with Crippen LogP contribution in [0, 0.1) is 0 Å². The molecule has 1 N–H and O–H groups in total. The molecule has 0 unspecified atom stereocenters. The monoisotopic (exact) mass is 419 g/mol. The third-order valence-electron chi connectivity index (χ3n) is 5.13. The molecule has 1 aromatic heterocycles. The lowest BCUT2D eigenvalue weighted by Gasteiger charge is -2.30. The lowest BCUT2D eigenvalue weighted by atomic mass is 10.00. The van der Waals surface area contributed by atoms with Crippen molar-refractivity contribution in [3.05, 3.63) is 38.9 Å². The smallest absolute Gasteiger partial charge is 0.254 e. The molecule has 26 heavy (non-hydrogen) atoms. The number of allylic oxidation sites excluding steroid dienone is 1. The number of hydrogen-bond acceptors (Lipinski definition) is 4. The summed E-state index contributed by atoms with van der Waals surface area (Å²) in [5.74, 6) is 0.739. The van der Waals surface area contributed by atoms with Crippen molar-refractivity contribution in [2.75, 3.05) is 6.54 Å². The number of aromatic nitrogens is 2. The molecule has 0 aromatic carbocycles. The molecule has 1 aliphatic heterocycles. The number of nitrogens with zero attached hydrogens (tertiary/aromatic N) is 4. The largest absolute Gasteiger partial charge is 0.365 e. The average Bonchev–Trinajstić information content (AvgIpc) is 3.22. The first-order valence-electron chi connectivity index (χ1n) is 8.89. The van der Waals surface area contributed by atoms with E-state index in [1.807, 2.05) is 30.4 Å². The lowest BCUT2D eigenvalue weighted by molar-refractivity contribution is -0.128. The SMILES string of the molecule is C=N/C(NC1(C)CC1)=C(\C)C(C(=O)N1CCn2ncc(Br)c2C1)=C(C)C. The second-order valence-electron chi connectivity index (χ2n) is 7.58. The van der Waals surface area contributed by atoms with Crippen molar-refractivity contribution in [1.82, 2.24) is 20.0 Å². The summed E-state index contributed by atoms with van der Waals surface area (Å²) in [6, 6.07) is 0. The van der Waals surface area contributed by atoms with Crippen LogP contribution in [-0.4, -0.2) is 39.4 Å². The van der Waals surface area contributed by atoms with E-state index in [2.05, 4.69) is 45.0 Å². The maximum Gasteiger partial charge on any atom is 0.254 e. The number of halogens is 1. The van der Waals surface area contributed by atoms with E-state index in [1.165, 1.54) is 0 Å². The van der Waals surface area contributed by atoms with Crippen molar-refractivity contribution in [3.63, 3.8) is 0 Å². The van der Waals surface area contributed by atoms with Crippen LogP contribution in [0.3, 0.4) is 0 Å². The maximum atomic E-state index is 13.3. The minimum Gasteiger partial charge on any atom is -0.365 e. The Morgan fingerprint density at radius 1 is 1.35 bits per heavy atom. The van der Waals surface area contributed by atoms with Gasteiger partial charge in [-0.25, -0.2) is 4.99 Å². The summed E-state index contributed by atoms with van der Waals surface area (Å²) >= 11 is 3.52. The van der Waals surface area contributed by atoms with Crippen LogP contribution in [0.5, 0.6) is 0 Å². The first-order chi connectivity index (χ1) is 12.3. The normalized spacial score (nSPS) is 18.6. The molecule has 2 aliphatic rings. The Morgan fingerprint density at radius 3 is 2.62 bits per heavy atom. The standard InChI is InChI=1S/C19H26BrN5O/c1-12(2)16(13(3)17(21-5)23-19(4)6-7-19)18(26)24-8-9-25-15(11-24)14(20)10-22-25/h10,23H,5-9,11H2,1-4H3/b17-13-. The Hall–Kier alpha value is -1.89. The quantitative estimate of drug-likeness (QED) is 0.451. The number of amides is 1. The predicted octanol–water partition coefficient (Wildman–Crippen LogP) is 3.40. The summed E-state index contributed by atoms with van der Waals surface area (Å²) in [6.07, 6.45) is 4.01. The van der Waals surface area contributed by atoms with E-state index in [0.717, 1.165) is 34.2 Å². The zero-order valence-corrected chi connectivity index (χ0v) is 17.5. The first kappa shape index (κ1) is 18.9. The van der Waals surface area contributed by atoms with E-state index in [9.17, 15) is 4.79 Å². The molecule has 140 valence electrons. The molecule has 2 heterocycles. The van der Waals surface area contributed by atoms with Gasteiger partial charge in [0.05, 0.1) is 29.5 Å². The maximum absolute atomic E-state index is 13.3. The Morgan fingerprint density at radius 2 is 2.04 bits per heavy atom. The average molecular weight is 420 g/mol. The van der Waals surface area contributed by atoms with Gasteiger partial charge in [-0.05, 0) is 63.2 Å². The fourth-order valence-corrected chi connectivity index (χ4v) is 3.68. The second kappa shape index (κ2) is 7.02. The van der Waals surface area contributed by atoms with Gasteiger partial charge in [-0.15, -0.1) is 0 Å². The Balaban J connectivity index is 1.88. The summed E-state index contributed by atoms with van der Waals surface area (Å²) < 4.78 is 2.89. The number of carbonyl (C=O) groups is 1. The highest BCUT2D eigenvalue weighted by Gasteiger charge is 2.38. The topological polar surface area (TPSA) is 62.5 Å². The number of fused-ring (bicyclic) bond motifs is 1. The molecule has 1 saturated carbocycles.